The van der Waals surface area contributed by atoms with Crippen molar-refractivity contribution in [3.63, 3.8) is 0 Å². The number of carbonyl (C=O) groups excluding carboxylic acids is 2. The first-order valence-electron chi connectivity index (χ1n) is 9.90. The molecule has 0 spiro atoms. The Morgan fingerprint density at radius 3 is 2.00 bits per heavy atom. The van der Waals surface area contributed by atoms with Crippen LogP contribution in [0.3, 0.4) is 0 Å². The van der Waals surface area contributed by atoms with Crippen molar-refractivity contribution in [3.05, 3.63) is 89.5 Å². The first kappa shape index (κ1) is 23.5. The van der Waals surface area contributed by atoms with Crippen LogP contribution in [0, 0.1) is 5.41 Å². The summed E-state index contributed by atoms with van der Waals surface area (Å²) in [4.78, 5) is 23.7. The van der Waals surface area contributed by atoms with Gasteiger partial charge in [-0.3, -0.25) is 15.0 Å². The molecule has 6 nitrogen and oxygen atoms in total. The second kappa shape index (κ2) is 9.99. The minimum absolute atomic E-state index is 0.214. The molecule has 0 aromatic heterocycles. The van der Waals surface area contributed by atoms with Crippen LogP contribution in [0.5, 0.6) is 0 Å². The van der Waals surface area contributed by atoms with Crippen molar-refractivity contribution in [2.24, 2.45) is 0 Å². The minimum atomic E-state index is -4.40. The fourth-order valence-corrected chi connectivity index (χ4v) is 3.02. The van der Waals surface area contributed by atoms with Crippen LogP contribution in [0.2, 0.25) is 0 Å². The van der Waals surface area contributed by atoms with Crippen LogP contribution in [-0.4, -0.2) is 17.5 Å². The van der Waals surface area contributed by atoms with Crippen LogP contribution in [-0.2, 0) is 22.3 Å². The van der Waals surface area contributed by atoms with Crippen LogP contribution < -0.4 is 16.0 Å². The fraction of sp³-hybridized carbons (Fsp3) is 0.125. The van der Waals surface area contributed by atoms with E-state index in [1.54, 1.807) is 48.5 Å². The molecule has 3 aromatic carbocycles. The Labute approximate surface area is 188 Å². The molecule has 33 heavy (non-hydrogen) atoms. The monoisotopic (exact) mass is 454 g/mol. The van der Waals surface area contributed by atoms with E-state index in [4.69, 9.17) is 5.41 Å². The van der Waals surface area contributed by atoms with Crippen LogP contribution in [0.1, 0.15) is 23.6 Å². The largest absolute Gasteiger partial charge is 0.416 e. The highest BCUT2D eigenvalue weighted by Crippen LogP contribution is 2.29. The number of amides is 2. The summed E-state index contributed by atoms with van der Waals surface area (Å²) in [5.74, 6) is -0.847. The van der Waals surface area contributed by atoms with Crippen molar-refractivity contribution in [1.29, 1.82) is 5.41 Å². The van der Waals surface area contributed by atoms with Crippen LogP contribution in [0.25, 0.3) is 0 Å². The molecule has 0 bridgehead atoms. The van der Waals surface area contributed by atoms with Gasteiger partial charge in [-0.25, -0.2) is 0 Å². The van der Waals surface area contributed by atoms with Gasteiger partial charge in [-0.1, -0.05) is 30.3 Å². The molecule has 0 aliphatic rings. The molecule has 0 saturated heterocycles. The molecule has 0 unspecified atom stereocenters. The maximum absolute atomic E-state index is 12.7. The molecule has 9 heteroatoms. The summed E-state index contributed by atoms with van der Waals surface area (Å²) in [6.45, 7) is 1.61. The van der Waals surface area contributed by atoms with Gasteiger partial charge in [0.2, 0.25) is 5.91 Å². The van der Waals surface area contributed by atoms with E-state index in [1.807, 2.05) is 0 Å². The summed E-state index contributed by atoms with van der Waals surface area (Å²) >= 11 is 0. The van der Waals surface area contributed by atoms with Gasteiger partial charge >= 0.3 is 6.18 Å². The van der Waals surface area contributed by atoms with E-state index in [0.717, 1.165) is 12.1 Å². The summed E-state index contributed by atoms with van der Waals surface area (Å²) in [5.41, 5.74) is 1.48. The van der Waals surface area contributed by atoms with Gasteiger partial charge in [0.15, 0.2) is 0 Å². The summed E-state index contributed by atoms with van der Waals surface area (Å²) in [7, 11) is 0. The van der Waals surface area contributed by atoms with Gasteiger partial charge < -0.3 is 16.0 Å². The molecule has 0 saturated carbocycles. The molecule has 0 aliphatic carbocycles. The zero-order valence-corrected chi connectivity index (χ0v) is 17.6. The highest BCUT2D eigenvalue weighted by molar-refractivity contribution is 6.48. The highest BCUT2D eigenvalue weighted by Gasteiger charge is 2.29. The van der Waals surface area contributed by atoms with Gasteiger partial charge in [0.25, 0.3) is 5.91 Å². The lowest BCUT2D eigenvalue weighted by molar-refractivity contribution is -0.137. The minimum Gasteiger partial charge on any atom is -0.380 e. The van der Waals surface area contributed by atoms with Gasteiger partial charge in [-0.2, -0.15) is 13.2 Å². The fourth-order valence-electron chi connectivity index (χ4n) is 3.02. The third kappa shape index (κ3) is 6.42. The maximum Gasteiger partial charge on any atom is 0.416 e. The Morgan fingerprint density at radius 2 is 1.42 bits per heavy atom. The quantitative estimate of drug-likeness (QED) is 0.366. The number of benzene rings is 3. The lowest BCUT2D eigenvalue weighted by atomic mass is 10.1. The Hall–Kier alpha value is -4.14. The number of hydrogen-bond donors (Lipinski definition) is 4. The van der Waals surface area contributed by atoms with Crippen molar-refractivity contribution in [3.8, 4) is 0 Å². The van der Waals surface area contributed by atoms with Gasteiger partial charge in [0, 0.05) is 36.1 Å². The van der Waals surface area contributed by atoms with Crippen molar-refractivity contribution >= 4 is 34.6 Å². The molecule has 4 N–H and O–H groups in total. The van der Waals surface area contributed by atoms with Crippen LogP contribution in [0.4, 0.5) is 30.2 Å². The molecule has 0 fully saturated rings. The van der Waals surface area contributed by atoms with E-state index in [2.05, 4.69) is 16.0 Å². The smallest absolute Gasteiger partial charge is 0.380 e. The second-order valence-corrected chi connectivity index (χ2v) is 7.18. The zero-order chi connectivity index (χ0) is 24.0. The van der Waals surface area contributed by atoms with Gasteiger partial charge in [0.1, 0.15) is 5.71 Å². The average Bonchev–Trinajstić information content (AvgIpc) is 2.78. The predicted molar refractivity (Wildman–Crippen MR) is 121 cm³/mol. The molecule has 0 heterocycles. The number of alkyl halides is 3. The van der Waals surface area contributed by atoms with E-state index >= 15 is 0 Å². The Bertz CT molecular complexity index is 1160. The zero-order valence-electron chi connectivity index (χ0n) is 17.6. The number of para-hydroxylation sites is 1. The van der Waals surface area contributed by atoms with E-state index in [1.165, 1.54) is 19.1 Å². The van der Waals surface area contributed by atoms with Crippen molar-refractivity contribution < 1.29 is 22.8 Å². The molecule has 3 rings (SSSR count). The van der Waals surface area contributed by atoms with E-state index in [-0.39, 0.29) is 18.2 Å². The van der Waals surface area contributed by atoms with Gasteiger partial charge in [-0.05, 0) is 48.0 Å². The molecular weight excluding hydrogens is 433 g/mol. The summed E-state index contributed by atoms with van der Waals surface area (Å²) < 4.78 is 38.2. The molecule has 0 aliphatic heterocycles. The van der Waals surface area contributed by atoms with Crippen molar-refractivity contribution in [2.45, 2.75) is 19.6 Å². The molecule has 3 aromatic rings. The first-order valence-corrected chi connectivity index (χ1v) is 9.90. The highest BCUT2D eigenvalue weighted by atomic mass is 19.4. The lowest BCUT2D eigenvalue weighted by Crippen LogP contribution is -2.24. The topological polar surface area (TPSA) is 94.1 Å². The van der Waals surface area contributed by atoms with Gasteiger partial charge in [-0.15, -0.1) is 0 Å². The van der Waals surface area contributed by atoms with Crippen molar-refractivity contribution in [1.82, 2.24) is 0 Å². The Balaban J connectivity index is 1.66. The SMILES string of the molecule is CC(=O)Nc1ccc(NC(=O)C(=N)c2ccccc2NCc2ccc(C(F)(F)F)cc2)cc1. The van der Waals surface area contributed by atoms with Crippen LogP contribution >= 0.6 is 0 Å². The molecule has 0 radical (unpaired) electrons. The maximum atomic E-state index is 12.7. The van der Waals surface area contributed by atoms with Crippen LogP contribution in [0.15, 0.2) is 72.8 Å². The lowest BCUT2D eigenvalue weighted by Gasteiger charge is -2.14. The summed E-state index contributed by atoms with van der Waals surface area (Å²) in [5, 5.41) is 16.6. The normalized spacial score (nSPS) is 10.9. The number of carbonyl (C=O) groups is 2. The first-order chi connectivity index (χ1) is 15.6. The standard InChI is InChI=1S/C24H21F3N4O2/c1-15(32)30-18-10-12-19(13-11-18)31-23(33)22(28)20-4-2-3-5-21(20)29-14-16-6-8-17(9-7-16)24(25,26)27/h2-13,28-29H,14H2,1H3,(H,30,32)(H,31,33). The van der Waals surface area contributed by atoms with E-state index in [9.17, 15) is 22.8 Å². The number of hydrogen-bond acceptors (Lipinski definition) is 4. The van der Waals surface area contributed by atoms with Gasteiger partial charge in [0.05, 0.1) is 5.56 Å². The third-order valence-electron chi connectivity index (χ3n) is 4.65. The Morgan fingerprint density at radius 1 is 0.848 bits per heavy atom. The van der Waals surface area contributed by atoms with E-state index < -0.39 is 17.6 Å². The molecule has 170 valence electrons. The molecular formula is C24H21F3N4O2. The molecule has 2 amide bonds. The number of halogens is 3. The summed E-state index contributed by atoms with van der Waals surface area (Å²) in [6.07, 6.45) is -4.40. The Kier molecular flexibility index (Phi) is 7.12. The van der Waals surface area contributed by atoms with Crippen molar-refractivity contribution in [2.75, 3.05) is 16.0 Å². The molecule has 0 atom stereocenters. The average molecular weight is 454 g/mol. The van der Waals surface area contributed by atoms with E-state index in [0.29, 0.717) is 28.2 Å². The third-order valence-corrected chi connectivity index (χ3v) is 4.65. The predicted octanol–water partition coefficient (Wildman–Crippen LogP) is 5.28. The summed E-state index contributed by atoms with van der Waals surface area (Å²) in [6, 6.07) is 17.9. The number of nitrogens with one attached hydrogen (secondary N) is 4. The second-order valence-electron chi connectivity index (χ2n) is 7.18. The number of anilines is 3. The number of rotatable bonds is 7.